The van der Waals surface area contributed by atoms with E-state index in [0.717, 1.165) is 4.88 Å². The summed E-state index contributed by atoms with van der Waals surface area (Å²) in [4.78, 5) is 4.84. The van der Waals surface area contributed by atoms with E-state index in [1.54, 1.807) is 17.5 Å². The summed E-state index contributed by atoms with van der Waals surface area (Å²) >= 11 is 1.65. The van der Waals surface area contributed by atoms with Gasteiger partial charge in [-0.25, -0.2) is 0 Å². The third-order valence-corrected chi connectivity index (χ3v) is 2.39. The van der Waals surface area contributed by atoms with Crippen LogP contribution in [0.15, 0.2) is 28.6 Å². The average Bonchev–Trinajstić information content (AvgIpc) is 2.66. The number of hydrogen-bond donors (Lipinski definition) is 1. The van der Waals surface area contributed by atoms with Gasteiger partial charge in [-0.1, -0.05) is 6.07 Å². The lowest BCUT2D eigenvalue weighted by Crippen LogP contribution is -2.28. The summed E-state index contributed by atoms with van der Waals surface area (Å²) in [6.45, 7) is 4.01. The summed E-state index contributed by atoms with van der Waals surface area (Å²) < 4.78 is 0. The number of thiophene rings is 1. The van der Waals surface area contributed by atoms with Crippen molar-refractivity contribution < 1.29 is 0 Å². The molecule has 0 aliphatic rings. The van der Waals surface area contributed by atoms with Gasteiger partial charge in [0.25, 0.3) is 0 Å². The molecular formula is C11H13N3S. The molecule has 1 heterocycles. The standard InChI is InChI=1S/C11H13N3S/c1-9(2)14-11(13-8-12)6-5-10-4-3-7-15-10/h3-7,9H,1-2H3,(H,13,14)/b6-5+. The Kier molecular flexibility index (Phi) is 4.58. The van der Waals surface area contributed by atoms with Crippen molar-refractivity contribution in [1.29, 1.82) is 5.26 Å². The lowest BCUT2D eigenvalue weighted by Gasteiger charge is -2.07. The van der Waals surface area contributed by atoms with Gasteiger partial charge in [-0.3, -0.25) is 0 Å². The molecule has 0 spiro atoms. The first-order valence-corrected chi connectivity index (χ1v) is 5.55. The fraction of sp³-hybridized carbons (Fsp3) is 0.273. The normalized spacial score (nSPS) is 12.0. The van der Waals surface area contributed by atoms with Crippen LogP contribution < -0.4 is 5.32 Å². The average molecular weight is 219 g/mol. The van der Waals surface area contributed by atoms with Crippen LogP contribution in [0, 0.1) is 11.5 Å². The van der Waals surface area contributed by atoms with Crippen LogP contribution in [-0.4, -0.2) is 11.9 Å². The van der Waals surface area contributed by atoms with E-state index < -0.39 is 0 Å². The molecule has 1 aromatic rings. The maximum absolute atomic E-state index is 8.50. The van der Waals surface area contributed by atoms with E-state index in [1.807, 2.05) is 43.5 Å². The monoisotopic (exact) mass is 219 g/mol. The minimum Gasteiger partial charge on any atom is -0.367 e. The predicted octanol–water partition coefficient (Wildman–Crippen LogP) is 2.64. The predicted molar refractivity (Wildman–Crippen MR) is 64.7 cm³/mol. The third-order valence-electron chi connectivity index (χ3n) is 1.56. The van der Waals surface area contributed by atoms with Gasteiger partial charge >= 0.3 is 0 Å². The molecule has 4 heteroatoms. The topological polar surface area (TPSA) is 48.2 Å². The van der Waals surface area contributed by atoms with E-state index in [1.165, 1.54) is 0 Å². The van der Waals surface area contributed by atoms with Crippen molar-refractivity contribution in [2.75, 3.05) is 0 Å². The van der Waals surface area contributed by atoms with Crippen molar-refractivity contribution in [3.05, 3.63) is 28.5 Å². The number of nitriles is 1. The molecule has 0 saturated heterocycles. The van der Waals surface area contributed by atoms with Gasteiger partial charge in [0.2, 0.25) is 6.19 Å². The fourth-order valence-corrected chi connectivity index (χ4v) is 1.63. The van der Waals surface area contributed by atoms with Crippen LogP contribution in [0.1, 0.15) is 18.7 Å². The van der Waals surface area contributed by atoms with E-state index in [-0.39, 0.29) is 6.04 Å². The summed E-state index contributed by atoms with van der Waals surface area (Å²) in [5.74, 6) is 0.598. The van der Waals surface area contributed by atoms with Crippen LogP contribution in [0.3, 0.4) is 0 Å². The zero-order valence-electron chi connectivity index (χ0n) is 8.77. The second-order valence-electron chi connectivity index (χ2n) is 3.24. The highest BCUT2D eigenvalue weighted by Gasteiger charge is 1.96. The first kappa shape index (κ1) is 11.5. The molecule has 0 atom stereocenters. The molecule has 0 saturated carbocycles. The van der Waals surface area contributed by atoms with Crippen molar-refractivity contribution in [2.45, 2.75) is 19.9 Å². The maximum Gasteiger partial charge on any atom is 0.207 e. The summed E-state index contributed by atoms with van der Waals surface area (Å²) in [7, 11) is 0. The van der Waals surface area contributed by atoms with Crippen LogP contribution in [0.2, 0.25) is 0 Å². The first-order valence-electron chi connectivity index (χ1n) is 4.67. The number of hydrogen-bond acceptors (Lipinski definition) is 3. The molecule has 1 rings (SSSR count). The third kappa shape index (κ3) is 4.43. The van der Waals surface area contributed by atoms with Crippen molar-refractivity contribution in [1.82, 2.24) is 5.32 Å². The lowest BCUT2D eigenvalue weighted by molar-refractivity contribution is 0.735. The second kappa shape index (κ2) is 5.99. The Morgan fingerprint density at radius 3 is 3.00 bits per heavy atom. The molecule has 3 nitrogen and oxygen atoms in total. The molecule has 0 fully saturated rings. The fourth-order valence-electron chi connectivity index (χ4n) is 1.01. The highest BCUT2D eigenvalue weighted by molar-refractivity contribution is 7.10. The second-order valence-corrected chi connectivity index (χ2v) is 4.22. The largest absolute Gasteiger partial charge is 0.367 e. The lowest BCUT2D eigenvalue weighted by atomic mass is 10.3. The highest BCUT2D eigenvalue weighted by Crippen LogP contribution is 2.09. The molecule has 78 valence electrons. The molecule has 0 aliphatic heterocycles. The molecule has 15 heavy (non-hydrogen) atoms. The van der Waals surface area contributed by atoms with Crippen LogP contribution in [-0.2, 0) is 0 Å². The van der Waals surface area contributed by atoms with Gasteiger partial charge in [0.15, 0.2) is 0 Å². The first-order chi connectivity index (χ1) is 7.22. The molecule has 0 radical (unpaired) electrons. The van der Waals surface area contributed by atoms with Crippen molar-refractivity contribution >= 4 is 23.2 Å². The van der Waals surface area contributed by atoms with Gasteiger partial charge in [-0.2, -0.15) is 10.3 Å². The van der Waals surface area contributed by atoms with Crippen LogP contribution in [0.25, 0.3) is 6.08 Å². The van der Waals surface area contributed by atoms with Gasteiger partial charge in [-0.15, -0.1) is 11.3 Å². The molecule has 1 aromatic heterocycles. The summed E-state index contributed by atoms with van der Waals surface area (Å²) in [6.07, 6.45) is 5.54. The molecule has 0 aromatic carbocycles. The minimum atomic E-state index is 0.269. The maximum atomic E-state index is 8.50. The SMILES string of the molecule is CC(C)NC(/C=C/c1cccs1)=N/C#N. The zero-order valence-corrected chi connectivity index (χ0v) is 9.58. The van der Waals surface area contributed by atoms with Crippen LogP contribution in [0.4, 0.5) is 0 Å². The minimum absolute atomic E-state index is 0.269. The molecule has 0 bridgehead atoms. The Bertz CT molecular complexity index is 382. The van der Waals surface area contributed by atoms with Crippen LogP contribution >= 0.6 is 11.3 Å². The molecule has 0 aliphatic carbocycles. The Morgan fingerprint density at radius 1 is 1.67 bits per heavy atom. The smallest absolute Gasteiger partial charge is 0.207 e. The van der Waals surface area contributed by atoms with Gasteiger partial charge < -0.3 is 5.32 Å². The highest BCUT2D eigenvalue weighted by atomic mass is 32.1. The molecule has 1 N–H and O–H groups in total. The van der Waals surface area contributed by atoms with E-state index in [9.17, 15) is 0 Å². The molecular weight excluding hydrogens is 206 g/mol. The van der Waals surface area contributed by atoms with Gasteiger partial charge in [0.1, 0.15) is 5.84 Å². The Morgan fingerprint density at radius 2 is 2.47 bits per heavy atom. The number of amidine groups is 1. The Hall–Kier alpha value is -1.60. The number of aliphatic imine (C=N–C) groups is 1. The number of nitrogens with one attached hydrogen (secondary N) is 1. The van der Waals surface area contributed by atoms with Gasteiger partial charge in [-0.05, 0) is 37.4 Å². The Labute approximate surface area is 93.8 Å². The van der Waals surface area contributed by atoms with E-state index in [4.69, 9.17) is 5.26 Å². The number of nitrogens with zero attached hydrogens (tertiary/aromatic N) is 2. The van der Waals surface area contributed by atoms with Crippen LogP contribution in [0.5, 0.6) is 0 Å². The van der Waals surface area contributed by atoms with E-state index in [2.05, 4.69) is 10.3 Å². The van der Waals surface area contributed by atoms with E-state index in [0.29, 0.717) is 5.84 Å². The zero-order chi connectivity index (χ0) is 11.1. The van der Waals surface area contributed by atoms with Gasteiger partial charge in [0, 0.05) is 10.9 Å². The number of rotatable bonds is 3. The molecule has 0 amide bonds. The quantitative estimate of drug-likeness (QED) is 0.482. The summed E-state index contributed by atoms with van der Waals surface area (Å²) in [5, 5.41) is 13.6. The Balaban J connectivity index is 2.68. The van der Waals surface area contributed by atoms with Crippen molar-refractivity contribution in [2.24, 2.45) is 4.99 Å². The summed E-state index contributed by atoms with van der Waals surface area (Å²) in [5.41, 5.74) is 0. The van der Waals surface area contributed by atoms with Crippen molar-refractivity contribution in [3.8, 4) is 6.19 Å². The van der Waals surface area contributed by atoms with Crippen molar-refractivity contribution in [3.63, 3.8) is 0 Å². The molecule has 0 unspecified atom stereocenters. The summed E-state index contributed by atoms with van der Waals surface area (Å²) in [6, 6.07) is 4.27. The van der Waals surface area contributed by atoms with E-state index >= 15 is 0 Å². The van der Waals surface area contributed by atoms with Gasteiger partial charge in [0.05, 0.1) is 0 Å².